The lowest BCUT2D eigenvalue weighted by Crippen LogP contribution is -2.86. The predicted molar refractivity (Wildman–Crippen MR) is 58.1 cm³/mol. The van der Waals surface area contributed by atoms with Crippen molar-refractivity contribution in [3.05, 3.63) is 0 Å². The van der Waals surface area contributed by atoms with Gasteiger partial charge in [0.2, 0.25) is 0 Å². The Hall–Kier alpha value is -0.410. The molecule has 1 N–H and O–H groups in total. The molecule has 1 saturated heterocycles. The number of rotatable bonds is 1. The third-order valence-electron chi connectivity index (χ3n) is 3.67. The number of carbonyl (C=O) groups excluding carboxylic acids is 1. The fourth-order valence-corrected chi connectivity index (χ4v) is 2.61. The zero-order valence-electron chi connectivity index (χ0n) is 10.4. The molecule has 1 rings (SSSR count). The molecule has 1 aliphatic heterocycles. The minimum Gasteiger partial charge on any atom is -0.295 e. The maximum atomic E-state index is 12.2. The van der Waals surface area contributed by atoms with Crippen molar-refractivity contribution in [2.24, 2.45) is 5.41 Å². The van der Waals surface area contributed by atoms with Crippen LogP contribution in [0.3, 0.4) is 0 Å². The summed E-state index contributed by atoms with van der Waals surface area (Å²) in [6.45, 7) is 10.2. The molecule has 82 valence electrons. The van der Waals surface area contributed by atoms with Gasteiger partial charge >= 0.3 is 0 Å². The summed E-state index contributed by atoms with van der Waals surface area (Å²) in [6.07, 6.45) is 0. The molecule has 3 nitrogen and oxygen atoms in total. The first kappa shape index (κ1) is 11.7. The number of nitrogens with one attached hydrogen (secondary N) is 1. The van der Waals surface area contributed by atoms with Gasteiger partial charge in [-0.2, -0.15) is 0 Å². The molecule has 1 fully saturated rings. The number of nitrogens with zero attached hydrogens (tertiary/aromatic N) is 1. The van der Waals surface area contributed by atoms with Gasteiger partial charge in [-0.1, -0.05) is 20.8 Å². The summed E-state index contributed by atoms with van der Waals surface area (Å²) in [5.41, 5.74) is -0.935. The van der Waals surface area contributed by atoms with Gasteiger partial charge in [0.1, 0.15) is 5.66 Å². The molecule has 0 aromatic heterocycles. The largest absolute Gasteiger partial charge is 0.295 e. The van der Waals surface area contributed by atoms with E-state index >= 15 is 0 Å². The van der Waals surface area contributed by atoms with Crippen LogP contribution in [0.15, 0.2) is 0 Å². The van der Waals surface area contributed by atoms with E-state index in [-0.39, 0.29) is 16.7 Å². The Morgan fingerprint density at radius 1 is 1.29 bits per heavy atom. The van der Waals surface area contributed by atoms with Crippen molar-refractivity contribution >= 4 is 5.78 Å². The Kier molecular flexibility index (Phi) is 2.33. The van der Waals surface area contributed by atoms with Gasteiger partial charge in [-0.05, 0) is 27.9 Å². The van der Waals surface area contributed by atoms with E-state index in [1.165, 1.54) is 0 Å². The van der Waals surface area contributed by atoms with Crippen LogP contribution in [0.25, 0.3) is 0 Å². The molecular weight excluding hydrogens is 176 g/mol. The third-order valence-corrected chi connectivity index (χ3v) is 3.67. The minimum absolute atomic E-state index is 0.0941. The molecule has 1 aliphatic rings. The molecule has 0 radical (unpaired) electrons. The first-order valence-electron chi connectivity index (χ1n) is 5.10. The first-order valence-corrected chi connectivity index (χ1v) is 5.10. The van der Waals surface area contributed by atoms with Crippen molar-refractivity contribution in [2.45, 2.75) is 45.8 Å². The van der Waals surface area contributed by atoms with E-state index in [9.17, 15) is 4.79 Å². The second-order valence-corrected chi connectivity index (χ2v) is 5.66. The van der Waals surface area contributed by atoms with Crippen LogP contribution in [-0.4, -0.2) is 36.0 Å². The molecular formula is C11H22N2O. The molecule has 1 unspecified atom stereocenters. The number of ketones is 1. The second kappa shape index (κ2) is 2.80. The zero-order valence-corrected chi connectivity index (χ0v) is 10.4. The minimum atomic E-state index is -0.503. The quantitative estimate of drug-likeness (QED) is 0.688. The van der Waals surface area contributed by atoms with Gasteiger partial charge in [-0.3, -0.25) is 15.0 Å². The summed E-state index contributed by atoms with van der Waals surface area (Å²) in [6, 6.07) is 0. The lowest BCUT2D eigenvalue weighted by molar-refractivity contribution is -0.191. The lowest BCUT2D eigenvalue weighted by atomic mass is 9.63. The number of likely N-dealkylation sites (tertiary alicyclic amines) is 1. The van der Waals surface area contributed by atoms with E-state index in [1.807, 2.05) is 27.9 Å². The predicted octanol–water partition coefficient (Wildman–Crippen LogP) is 1.24. The fourth-order valence-electron chi connectivity index (χ4n) is 2.61. The summed E-state index contributed by atoms with van der Waals surface area (Å²) >= 11 is 0. The van der Waals surface area contributed by atoms with Crippen molar-refractivity contribution in [1.29, 1.82) is 0 Å². The molecule has 0 aliphatic carbocycles. The Morgan fingerprint density at radius 3 is 1.86 bits per heavy atom. The summed E-state index contributed by atoms with van der Waals surface area (Å²) in [4.78, 5) is 14.3. The smallest absolute Gasteiger partial charge is 0.187 e. The van der Waals surface area contributed by atoms with Crippen molar-refractivity contribution in [3.63, 3.8) is 0 Å². The van der Waals surface area contributed by atoms with Crippen molar-refractivity contribution < 1.29 is 4.79 Å². The van der Waals surface area contributed by atoms with Gasteiger partial charge in [0.05, 0.1) is 5.54 Å². The molecule has 0 bridgehead atoms. The maximum absolute atomic E-state index is 12.2. The summed E-state index contributed by atoms with van der Waals surface area (Å²) < 4.78 is 0. The van der Waals surface area contributed by atoms with Crippen LogP contribution in [0.1, 0.15) is 34.6 Å². The molecule has 0 spiro atoms. The standard InChI is InChI=1S/C11H22N2O/c1-9(2,3)11(12-6)8(14)10(4,5)13(11)7/h12H,1-7H3. The first-order chi connectivity index (χ1) is 6.12. The number of hydrogen-bond donors (Lipinski definition) is 1. The number of carbonyl (C=O) groups is 1. The monoisotopic (exact) mass is 198 g/mol. The van der Waals surface area contributed by atoms with Crippen LogP contribution in [0.5, 0.6) is 0 Å². The zero-order chi connectivity index (χ0) is 11.4. The lowest BCUT2D eigenvalue weighted by Gasteiger charge is -2.64. The Bertz CT molecular complexity index is 265. The summed E-state index contributed by atoms with van der Waals surface area (Å²) in [7, 11) is 3.86. The van der Waals surface area contributed by atoms with E-state index in [4.69, 9.17) is 0 Å². The molecule has 3 heteroatoms. The Balaban J connectivity index is 3.14. The SMILES string of the molecule is CNC1(C(C)(C)C)C(=O)C(C)(C)N1C. The van der Waals surface area contributed by atoms with E-state index in [0.717, 1.165) is 0 Å². The molecule has 14 heavy (non-hydrogen) atoms. The van der Waals surface area contributed by atoms with Crippen molar-refractivity contribution in [3.8, 4) is 0 Å². The van der Waals surface area contributed by atoms with Crippen molar-refractivity contribution in [2.75, 3.05) is 14.1 Å². The van der Waals surface area contributed by atoms with Gasteiger partial charge in [0.15, 0.2) is 5.78 Å². The van der Waals surface area contributed by atoms with Crippen LogP contribution in [0.2, 0.25) is 0 Å². The Morgan fingerprint density at radius 2 is 1.71 bits per heavy atom. The summed E-state index contributed by atoms with van der Waals surface area (Å²) in [5, 5.41) is 3.19. The van der Waals surface area contributed by atoms with Crippen LogP contribution < -0.4 is 5.32 Å². The van der Waals surface area contributed by atoms with Gasteiger partial charge in [0.25, 0.3) is 0 Å². The van der Waals surface area contributed by atoms with E-state index in [1.54, 1.807) is 0 Å². The van der Waals surface area contributed by atoms with Gasteiger partial charge in [-0.15, -0.1) is 0 Å². The highest BCUT2D eigenvalue weighted by molar-refractivity contribution is 6.02. The molecule has 0 saturated carbocycles. The Labute approximate surface area is 86.9 Å². The molecule has 0 aromatic carbocycles. The third kappa shape index (κ3) is 1.03. The second-order valence-electron chi connectivity index (χ2n) is 5.66. The molecule has 0 aromatic rings. The normalized spacial score (nSPS) is 32.9. The highest BCUT2D eigenvalue weighted by Gasteiger charge is 2.67. The summed E-state index contributed by atoms with van der Waals surface area (Å²) in [5.74, 6) is 0.280. The van der Waals surface area contributed by atoms with E-state index in [2.05, 4.69) is 31.0 Å². The average molecular weight is 198 g/mol. The maximum Gasteiger partial charge on any atom is 0.187 e. The molecule has 1 atom stereocenters. The molecule has 1 heterocycles. The van der Waals surface area contributed by atoms with Gasteiger partial charge in [-0.25, -0.2) is 0 Å². The number of likely N-dealkylation sites (N-methyl/N-ethyl adjacent to an activating group) is 2. The number of Topliss-reactive ketones (excluding diaryl/α,β-unsaturated/α-hetero) is 1. The van der Waals surface area contributed by atoms with Crippen LogP contribution in [-0.2, 0) is 4.79 Å². The molecule has 0 amide bonds. The highest BCUT2D eigenvalue weighted by atomic mass is 16.2. The van der Waals surface area contributed by atoms with Crippen molar-refractivity contribution in [1.82, 2.24) is 10.2 Å². The van der Waals surface area contributed by atoms with E-state index < -0.39 is 5.66 Å². The fraction of sp³-hybridized carbons (Fsp3) is 0.909. The average Bonchev–Trinajstić information content (AvgIpc) is 2.03. The highest BCUT2D eigenvalue weighted by Crippen LogP contribution is 2.47. The van der Waals surface area contributed by atoms with Crippen LogP contribution >= 0.6 is 0 Å². The van der Waals surface area contributed by atoms with Gasteiger partial charge < -0.3 is 0 Å². The van der Waals surface area contributed by atoms with Crippen LogP contribution in [0.4, 0.5) is 0 Å². The van der Waals surface area contributed by atoms with E-state index in [0.29, 0.717) is 0 Å². The topological polar surface area (TPSA) is 32.3 Å². The van der Waals surface area contributed by atoms with Gasteiger partial charge in [0, 0.05) is 5.41 Å². The van der Waals surface area contributed by atoms with Crippen LogP contribution in [0, 0.1) is 5.41 Å². The number of hydrogen-bond acceptors (Lipinski definition) is 3.